The maximum absolute atomic E-state index is 12.7. The van der Waals surface area contributed by atoms with Gasteiger partial charge >= 0.3 is 0 Å². The maximum atomic E-state index is 12.7. The van der Waals surface area contributed by atoms with Gasteiger partial charge in [-0.3, -0.25) is 24.3 Å². The third-order valence-corrected chi connectivity index (χ3v) is 4.26. The molecule has 6 nitrogen and oxygen atoms in total. The predicted octanol–water partition coefficient (Wildman–Crippen LogP) is 1.25. The minimum absolute atomic E-state index is 0.267. The van der Waals surface area contributed by atoms with Crippen LogP contribution in [0, 0.1) is 6.92 Å². The number of carbonyl (C=O) groups excluding carboxylic acids is 2. The molecule has 1 fully saturated rings. The van der Waals surface area contributed by atoms with Crippen LogP contribution in [0.4, 0.5) is 0 Å². The number of amides is 2. The van der Waals surface area contributed by atoms with Gasteiger partial charge in [-0.1, -0.05) is 6.07 Å². The highest BCUT2D eigenvalue weighted by molar-refractivity contribution is 5.99. The van der Waals surface area contributed by atoms with E-state index in [1.807, 2.05) is 19.1 Å². The van der Waals surface area contributed by atoms with E-state index in [4.69, 9.17) is 0 Å². The van der Waals surface area contributed by atoms with Crippen molar-refractivity contribution in [1.29, 1.82) is 0 Å². The molecule has 1 aromatic carbocycles. The average Bonchev–Trinajstić information content (AvgIpc) is 2.58. The van der Waals surface area contributed by atoms with Crippen LogP contribution in [0.1, 0.15) is 31.7 Å². The molecule has 6 heteroatoms. The number of imide groups is 1. The molecule has 2 aromatic rings. The van der Waals surface area contributed by atoms with Gasteiger partial charge in [0.2, 0.25) is 5.91 Å². The number of nitrogens with zero attached hydrogens (tertiary/aromatic N) is 2. The largest absolute Gasteiger partial charge is 0.294 e. The summed E-state index contributed by atoms with van der Waals surface area (Å²) in [6.45, 7) is 3.60. The van der Waals surface area contributed by atoms with Crippen LogP contribution in [0.5, 0.6) is 0 Å². The second-order valence-corrected chi connectivity index (χ2v) is 5.95. The normalized spacial score (nSPS) is 22.5. The molecule has 2 amide bonds. The summed E-state index contributed by atoms with van der Waals surface area (Å²) in [4.78, 5) is 40.9. The molecule has 1 saturated heterocycles. The fraction of sp³-hybridized carbons (Fsp3) is 0.375. The molecule has 114 valence electrons. The van der Waals surface area contributed by atoms with E-state index in [0.29, 0.717) is 23.7 Å². The summed E-state index contributed by atoms with van der Waals surface area (Å²) >= 11 is 0. The van der Waals surface area contributed by atoms with E-state index in [-0.39, 0.29) is 17.9 Å². The van der Waals surface area contributed by atoms with E-state index in [2.05, 4.69) is 10.3 Å². The van der Waals surface area contributed by atoms with E-state index in [1.54, 1.807) is 13.0 Å². The second kappa shape index (κ2) is 5.05. The lowest BCUT2D eigenvalue weighted by molar-refractivity contribution is -0.134. The van der Waals surface area contributed by atoms with E-state index >= 15 is 0 Å². The van der Waals surface area contributed by atoms with Crippen molar-refractivity contribution in [3.8, 4) is 0 Å². The summed E-state index contributed by atoms with van der Waals surface area (Å²) in [7, 11) is 0. The molecule has 22 heavy (non-hydrogen) atoms. The molecule has 0 bridgehead atoms. The molecule has 0 spiro atoms. The van der Waals surface area contributed by atoms with Crippen LogP contribution < -0.4 is 10.9 Å². The number of aromatic nitrogens is 2. The highest BCUT2D eigenvalue weighted by Crippen LogP contribution is 2.25. The average molecular weight is 299 g/mol. The number of hydrogen-bond acceptors (Lipinski definition) is 4. The predicted molar refractivity (Wildman–Crippen MR) is 81.4 cm³/mol. The van der Waals surface area contributed by atoms with Gasteiger partial charge in [-0.15, -0.1) is 0 Å². The summed E-state index contributed by atoms with van der Waals surface area (Å²) in [5, 5.41) is 2.82. The molecule has 1 N–H and O–H groups in total. The van der Waals surface area contributed by atoms with Crippen molar-refractivity contribution in [3.05, 3.63) is 40.4 Å². The number of hydrogen-bond donors (Lipinski definition) is 1. The quantitative estimate of drug-likeness (QED) is 0.803. The number of rotatable bonds is 1. The molecule has 1 atom stereocenters. The van der Waals surface area contributed by atoms with Crippen LogP contribution >= 0.6 is 0 Å². The van der Waals surface area contributed by atoms with E-state index in [9.17, 15) is 14.4 Å². The van der Waals surface area contributed by atoms with Gasteiger partial charge in [0.1, 0.15) is 5.54 Å². The van der Waals surface area contributed by atoms with Gasteiger partial charge in [-0.25, -0.2) is 4.98 Å². The fourth-order valence-electron chi connectivity index (χ4n) is 2.84. The summed E-state index contributed by atoms with van der Waals surface area (Å²) in [5.41, 5.74) is 0.253. The number of nitrogens with one attached hydrogen (secondary N) is 1. The lowest BCUT2D eigenvalue weighted by Crippen LogP contribution is -2.50. The van der Waals surface area contributed by atoms with Gasteiger partial charge in [0.05, 0.1) is 17.2 Å². The van der Waals surface area contributed by atoms with Gasteiger partial charge in [0.15, 0.2) is 0 Å². The molecule has 0 aliphatic carbocycles. The summed E-state index contributed by atoms with van der Waals surface area (Å²) in [6.07, 6.45) is 2.66. The van der Waals surface area contributed by atoms with Gasteiger partial charge in [0, 0.05) is 6.42 Å². The van der Waals surface area contributed by atoms with Crippen molar-refractivity contribution in [1.82, 2.24) is 14.9 Å². The zero-order valence-corrected chi connectivity index (χ0v) is 12.5. The highest BCUT2D eigenvalue weighted by atomic mass is 16.2. The first-order chi connectivity index (χ1) is 10.4. The second-order valence-electron chi connectivity index (χ2n) is 5.95. The Kier molecular flexibility index (Phi) is 3.31. The topological polar surface area (TPSA) is 81.1 Å². The summed E-state index contributed by atoms with van der Waals surface area (Å²) in [5.74, 6) is -0.753. The minimum atomic E-state index is -1.10. The van der Waals surface area contributed by atoms with E-state index < -0.39 is 11.4 Å². The Morgan fingerprint density at radius 2 is 2.05 bits per heavy atom. The van der Waals surface area contributed by atoms with Gasteiger partial charge in [0.25, 0.3) is 11.5 Å². The Balaban J connectivity index is 2.18. The Morgan fingerprint density at radius 3 is 2.82 bits per heavy atom. The van der Waals surface area contributed by atoms with Crippen molar-refractivity contribution in [3.63, 3.8) is 0 Å². The number of carbonyl (C=O) groups is 2. The lowest BCUT2D eigenvalue weighted by atomic mass is 9.94. The monoisotopic (exact) mass is 299 g/mol. The summed E-state index contributed by atoms with van der Waals surface area (Å²) in [6, 6.07) is 5.40. The van der Waals surface area contributed by atoms with Crippen molar-refractivity contribution in [2.45, 2.75) is 38.6 Å². The molecule has 0 radical (unpaired) electrons. The molecule has 2 heterocycles. The van der Waals surface area contributed by atoms with Crippen LogP contribution in [0.25, 0.3) is 10.9 Å². The smallest absolute Gasteiger partial charge is 0.262 e. The van der Waals surface area contributed by atoms with Gasteiger partial charge in [-0.05, 0) is 44.4 Å². The number of aryl methyl sites for hydroxylation is 1. The SMILES string of the molecule is Cc1ccc2c(=O)n(C3(C)CCCC(=O)NC3=O)cnc2c1. The zero-order chi connectivity index (χ0) is 15.9. The first-order valence-corrected chi connectivity index (χ1v) is 7.24. The molecule has 1 aliphatic rings. The maximum Gasteiger partial charge on any atom is 0.262 e. The van der Waals surface area contributed by atoms with Crippen molar-refractivity contribution in [2.75, 3.05) is 0 Å². The van der Waals surface area contributed by atoms with Crippen LogP contribution in [0.2, 0.25) is 0 Å². The standard InChI is InChI=1S/C16H17N3O3/c1-10-5-6-11-12(8-10)17-9-19(14(11)21)16(2)7-3-4-13(20)18-15(16)22/h5-6,8-9H,3-4,7H2,1-2H3,(H,18,20,22). The van der Waals surface area contributed by atoms with Crippen molar-refractivity contribution >= 4 is 22.7 Å². The Bertz CT molecular complexity index is 840. The Hall–Kier alpha value is -2.50. The fourth-order valence-corrected chi connectivity index (χ4v) is 2.84. The van der Waals surface area contributed by atoms with Crippen molar-refractivity contribution < 1.29 is 9.59 Å². The Labute approximate surface area is 127 Å². The van der Waals surface area contributed by atoms with Crippen LogP contribution in [0.3, 0.4) is 0 Å². The molecule has 3 rings (SSSR count). The first-order valence-electron chi connectivity index (χ1n) is 7.24. The van der Waals surface area contributed by atoms with Crippen LogP contribution in [0.15, 0.2) is 29.3 Å². The van der Waals surface area contributed by atoms with Gasteiger partial charge in [-0.2, -0.15) is 0 Å². The zero-order valence-electron chi connectivity index (χ0n) is 12.5. The molecular weight excluding hydrogens is 282 g/mol. The molecule has 1 unspecified atom stereocenters. The first kappa shape index (κ1) is 14.4. The van der Waals surface area contributed by atoms with Crippen LogP contribution in [-0.2, 0) is 15.1 Å². The summed E-state index contributed by atoms with van der Waals surface area (Å²) < 4.78 is 1.35. The number of fused-ring (bicyclic) bond motifs is 1. The third kappa shape index (κ3) is 2.20. The van der Waals surface area contributed by atoms with E-state index in [0.717, 1.165) is 5.56 Å². The molecular formula is C16H17N3O3. The van der Waals surface area contributed by atoms with Crippen LogP contribution in [-0.4, -0.2) is 21.4 Å². The highest BCUT2D eigenvalue weighted by Gasteiger charge is 2.39. The number of benzene rings is 1. The minimum Gasteiger partial charge on any atom is -0.294 e. The third-order valence-electron chi connectivity index (χ3n) is 4.26. The molecule has 1 aromatic heterocycles. The lowest BCUT2D eigenvalue weighted by Gasteiger charge is -2.28. The Morgan fingerprint density at radius 1 is 1.27 bits per heavy atom. The molecule has 0 saturated carbocycles. The van der Waals surface area contributed by atoms with E-state index in [1.165, 1.54) is 10.9 Å². The van der Waals surface area contributed by atoms with Gasteiger partial charge < -0.3 is 0 Å². The van der Waals surface area contributed by atoms with Crippen molar-refractivity contribution in [2.24, 2.45) is 0 Å². The molecule has 1 aliphatic heterocycles.